The lowest BCUT2D eigenvalue weighted by atomic mass is 10.1. The minimum absolute atomic E-state index is 0.0397. The maximum Gasteiger partial charge on any atom is 0.0791 e. The summed E-state index contributed by atoms with van der Waals surface area (Å²) >= 11 is 0. The molecule has 1 atom stereocenters. The van der Waals surface area contributed by atoms with Gasteiger partial charge in [-0.05, 0) is 25.8 Å². The van der Waals surface area contributed by atoms with E-state index in [9.17, 15) is 0 Å². The smallest absolute Gasteiger partial charge is 0.0791 e. The average Bonchev–Trinajstić information content (AvgIpc) is 2.47. The molecule has 1 unspecified atom stereocenters. The van der Waals surface area contributed by atoms with Crippen molar-refractivity contribution in [1.82, 2.24) is 9.78 Å². The molecule has 1 aromatic rings. The van der Waals surface area contributed by atoms with Crippen LogP contribution in [0, 0.1) is 0 Å². The predicted octanol–water partition coefficient (Wildman–Crippen LogP) is 1.78. The second kappa shape index (κ2) is 4.23. The summed E-state index contributed by atoms with van der Waals surface area (Å²) in [6.45, 7) is 5.86. The van der Waals surface area contributed by atoms with Crippen LogP contribution >= 0.6 is 0 Å². The van der Waals surface area contributed by atoms with E-state index in [2.05, 4.69) is 11.7 Å². The number of aryl methyl sites for hydroxylation is 1. The van der Waals surface area contributed by atoms with Crippen LogP contribution in [-0.4, -0.2) is 9.78 Å². The third-order valence-electron chi connectivity index (χ3n) is 2.00. The van der Waals surface area contributed by atoms with Crippen molar-refractivity contribution in [2.75, 3.05) is 0 Å². The van der Waals surface area contributed by atoms with E-state index in [0.29, 0.717) is 0 Å². The zero-order chi connectivity index (χ0) is 9.84. The van der Waals surface area contributed by atoms with Gasteiger partial charge in [-0.1, -0.05) is 5.57 Å². The summed E-state index contributed by atoms with van der Waals surface area (Å²) in [6.07, 6.45) is 3.81. The first-order valence-electron chi connectivity index (χ1n) is 4.49. The van der Waals surface area contributed by atoms with Gasteiger partial charge in [0.15, 0.2) is 0 Å². The molecule has 0 bridgehead atoms. The molecule has 13 heavy (non-hydrogen) atoms. The van der Waals surface area contributed by atoms with Crippen molar-refractivity contribution in [3.63, 3.8) is 0 Å². The van der Waals surface area contributed by atoms with Crippen molar-refractivity contribution in [2.45, 2.75) is 25.8 Å². The number of allylic oxidation sites excluding steroid dienone is 1. The molecule has 1 heterocycles. The molecule has 1 aromatic heterocycles. The topological polar surface area (TPSA) is 43.8 Å². The highest BCUT2D eigenvalue weighted by Gasteiger charge is 2.07. The normalized spacial score (nSPS) is 12.8. The Morgan fingerprint density at radius 1 is 1.77 bits per heavy atom. The molecule has 0 saturated heterocycles. The second-order valence-electron chi connectivity index (χ2n) is 3.52. The largest absolute Gasteiger partial charge is 0.323 e. The molecular formula is C10H17N3. The van der Waals surface area contributed by atoms with Gasteiger partial charge < -0.3 is 5.73 Å². The third kappa shape index (κ3) is 3.03. The Labute approximate surface area is 79.2 Å². The number of aromatic nitrogens is 2. The van der Waals surface area contributed by atoms with Gasteiger partial charge in [0.05, 0.1) is 5.69 Å². The number of hydrogen-bond donors (Lipinski definition) is 1. The van der Waals surface area contributed by atoms with Crippen LogP contribution in [0.25, 0.3) is 0 Å². The van der Waals surface area contributed by atoms with Gasteiger partial charge in [0.2, 0.25) is 0 Å². The van der Waals surface area contributed by atoms with Gasteiger partial charge in [0.25, 0.3) is 0 Å². The van der Waals surface area contributed by atoms with Gasteiger partial charge in [0, 0.05) is 19.3 Å². The lowest BCUT2D eigenvalue weighted by Crippen LogP contribution is -2.11. The first-order valence-corrected chi connectivity index (χ1v) is 4.49. The molecule has 0 amide bonds. The van der Waals surface area contributed by atoms with Crippen LogP contribution in [0.1, 0.15) is 31.5 Å². The van der Waals surface area contributed by atoms with Gasteiger partial charge in [-0.2, -0.15) is 5.10 Å². The highest BCUT2D eigenvalue weighted by molar-refractivity contribution is 5.05. The molecule has 0 radical (unpaired) electrons. The number of rotatable bonds is 4. The van der Waals surface area contributed by atoms with Crippen LogP contribution in [0.15, 0.2) is 24.4 Å². The number of nitrogens with two attached hydrogens (primary N) is 1. The van der Waals surface area contributed by atoms with E-state index in [0.717, 1.165) is 18.5 Å². The van der Waals surface area contributed by atoms with Crippen LogP contribution in [0.3, 0.4) is 0 Å². The van der Waals surface area contributed by atoms with Crippen molar-refractivity contribution in [3.05, 3.63) is 30.1 Å². The van der Waals surface area contributed by atoms with Crippen molar-refractivity contribution < 1.29 is 0 Å². The zero-order valence-corrected chi connectivity index (χ0v) is 8.33. The van der Waals surface area contributed by atoms with Crippen LogP contribution in [0.5, 0.6) is 0 Å². The van der Waals surface area contributed by atoms with E-state index < -0.39 is 0 Å². The molecule has 0 aliphatic rings. The van der Waals surface area contributed by atoms with Crippen LogP contribution < -0.4 is 5.73 Å². The minimum Gasteiger partial charge on any atom is -0.323 e. The van der Waals surface area contributed by atoms with Gasteiger partial charge in [-0.15, -0.1) is 6.58 Å². The monoisotopic (exact) mass is 179 g/mol. The third-order valence-corrected chi connectivity index (χ3v) is 2.00. The highest BCUT2D eigenvalue weighted by atomic mass is 15.3. The van der Waals surface area contributed by atoms with Gasteiger partial charge in [0.1, 0.15) is 0 Å². The molecule has 0 aliphatic heterocycles. The lowest BCUT2D eigenvalue weighted by Gasteiger charge is -2.07. The molecule has 1 rings (SSSR count). The van der Waals surface area contributed by atoms with E-state index in [1.807, 2.05) is 26.2 Å². The minimum atomic E-state index is 0.0397. The summed E-state index contributed by atoms with van der Waals surface area (Å²) in [5, 5.41) is 4.25. The van der Waals surface area contributed by atoms with E-state index in [1.165, 1.54) is 5.57 Å². The molecule has 0 fully saturated rings. The van der Waals surface area contributed by atoms with Crippen molar-refractivity contribution >= 4 is 0 Å². The van der Waals surface area contributed by atoms with Crippen molar-refractivity contribution in [3.8, 4) is 0 Å². The maximum absolute atomic E-state index is 5.94. The van der Waals surface area contributed by atoms with E-state index >= 15 is 0 Å². The molecule has 3 nitrogen and oxygen atoms in total. The Balaban J connectivity index is 2.48. The van der Waals surface area contributed by atoms with Crippen molar-refractivity contribution in [2.24, 2.45) is 12.8 Å². The summed E-state index contributed by atoms with van der Waals surface area (Å²) in [6, 6.07) is 2.00. The van der Waals surface area contributed by atoms with Gasteiger partial charge in [-0.25, -0.2) is 0 Å². The lowest BCUT2D eigenvalue weighted by molar-refractivity contribution is 0.612. The zero-order valence-electron chi connectivity index (χ0n) is 8.33. The van der Waals surface area contributed by atoms with Crippen LogP contribution in [0.4, 0.5) is 0 Å². The highest BCUT2D eigenvalue weighted by Crippen LogP contribution is 2.15. The summed E-state index contributed by atoms with van der Waals surface area (Å²) < 4.78 is 1.77. The molecule has 0 aromatic carbocycles. The molecule has 3 heteroatoms. The Kier molecular flexibility index (Phi) is 3.25. The second-order valence-corrected chi connectivity index (χ2v) is 3.52. The van der Waals surface area contributed by atoms with Crippen LogP contribution in [0.2, 0.25) is 0 Å². The van der Waals surface area contributed by atoms with Gasteiger partial charge in [-0.3, -0.25) is 4.68 Å². The van der Waals surface area contributed by atoms with Gasteiger partial charge >= 0.3 is 0 Å². The summed E-state index contributed by atoms with van der Waals surface area (Å²) in [4.78, 5) is 0. The summed E-state index contributed by atoms with van der Waals surface area (Å²) in [7, 11) is 1.90. The van der Waals surface area contributed by atoms with E-state index in [1.54, 1.807) is 4.68 Å². The molecule has 0 saturated carbocycles. The first-order chi connectivity index (χ1) is 6.09. The van der Waals surface area contributed by atoms with E-state index in [4.69, 9.17) is 5.73 Å². The molecule has 0 spiro atoms. The standard InChI is InChI=1S/C10H17N3/c1-8(2)4-5-9(11)10-6-7-13(3)12-10/h6-7,9H,1,4-5,11H2,2-3H3. The first kappa shape index (κ1) is 9.99. The molecule has 0 aliphatic carbocycles. The van der Waals surface area contributed by atoms with E-state index in [-0.39, 0.29) is 6.04 Å². The molecular weight excluding hydrogens is 162 g/mol. The molecule has 72 valence electrons. The fourth-order valence-electron chi connectivity index (χ4n) is 1.18. The fourth-order valence-corrected chi connectivity index (χ4v) is 1.18. The Hall–Kier alpha value is -1.09. The Morgan fingerprint density at radius 2 is 2.46 bits per heavy atom. The fraction of sp³-hybridized carbons (Fsp3) is 0.500. The molecule has 2 N–H and O–H groups in total. The average molecular weight is 179 g/mol. The number of hydrogen-bond acceptors (Lipinski definition) is 2. The maximum atomic E-state index is 5.94. The predicted molar refractivity (Wildman–Crippen MR) is 54.2 cm³/mol. The van der Waals surface area contributed by atoms with Crippen LogP contribution in [-0.2, 0) is 7.05 Å². The Bertz CT molecular complexity index is 288. The summed E-state index contributed by atoms with van der Waals surface area (Å²) in [5.74, 6) is 0. The quantitative estimate of drug-likeness (QED) is 0.716. The Morgan fingerprint density at radius 3 is 2.92 bits per heavy atom. The summed E-state index contributed by atoms with van der Waals surface area (Å²) in [5.41, 5.74) is 8.07. The SMILES string of the molecule is C=C(C)CCC(N)c1ccn(C)n1. The number of nitrogens with zero attached hydrogens (tertiary/aromatic N) is 2. The van der Waals surface area contributed by atoms with Crippen molar-refractivity contribution in [1.29, 1.82) is 0 Å².